The molecule has 2 atom stereocenters. The van der Waals surface area contributed by atoms with E-state index in [1.807, 2.05) is 30.3 Å². The maximum Gasteiger partial charge on any atom is 0.416 e. The lowest BCUT2D eigenvalue weighted by molar-refractivity contribution is -0.159. The van der Waals surface area contributed by atoms with Crippen LogP contribution in [0.25, 0.3) is 5.57 Å². The van der Waals surface area contributed by atoms with E-state index in [0.717, 1.165) is 30.0 Å². The van der Waals surface area contributed by atoms with Crippen LogP contribution in [0.5, 0.6) is 0 Å². The molecule has 3 aromatic carbocycles. The minimum Gasteiger partial charge on any atom is -0.481 e. The van der Waals surface area contributed by atoms with Gasteiger partial charge in [0, 0.05) is 24.5 Å². The normalized spacial score (nSPS) is 16.5. The standard InChI is InChI=1S/C40H50F3NO2.C2H2O4/c1-27(2)21-29-11-15-33(16-12-29)38(5,6)26-44-20-19-32(31-9-8-10-35(23-31)40(41,42)43)24-36(44)25-39(7,37(45)46)34-17-13-30(14-18-34)22-28(3)4;3-1(4)2(5)6/h8-18,23-24,27-28,36H,19-22,25-26H2,1-7H3,(H,45,46);(H,3,4)(H,5,6)/t36-,39?;/m0./s1. The molecule has 1 aliphatic rings. The van der Waals surface area contributed by atoms with Crippen LogP contribution in [0.3, 0.4) is 0 Å². The topological polar surface area (TPSA) is 115 Å². The number of rotatable bonds is 12. The average molecular weight is 724 g/mol. The first-order valence-corrected chi connectivity index (χ1v) is 17.6. The molecular formula is C42H52F3NO6. The van der Waals surface area contributed by atoms with E-state index in [4.69, 9.17) is 19.8 Å². The van der Waals surface area contributed by atoms with Gasteiger partial charge in [-0.15, -0.1) is 0 Å². The number of alkyl halides is 3. The van der Waals surface area contributed by atoms with Crippen LogP contribution in [0.2, 0.25) is 0 Å². The number of aliphatic carboxylic acids is 3. The molecule has 0 aliphatic carbocycles. The molecule has 1 aliphatic heterocycles. The van der Waals surface area contributed by atoms with E-state index in [2.05, 4.69) is 70.7 Å². The molecule has 0 aromatic heterocycles. The number of hydrogen-bond acceptors (Lipinski definition) is 4. The molecule has 4 rings (SSSR count). The summed E-state index contributed by atoms with van der Waals surface area (Å²) in [5.74, 6) is -3.50. The number of carboxylic acid groups (broad SMARTS) is 3. The van der Waals surface area contributed by atoms with Crippen molar-refractivity contribution in [1.82, 2.24) is 4.90 Å². The van der Waals surface area contributed by atoms with E-state index in [1.165, 1.54) is 28.8 Å². The lowest BCUT2D eigenvalue weighted by Gasteiger charge is -2.42. The first-order valence-electron chi connectivity index (χ1n) is 17.6. The van der Waals surface area contributed by atoms with Gasteiger partial charge in [0.15, 0.2) is 0 Å². The summed E-state index contributed by atoms with van der Waals surface area (Å²) in [6.07, 6.45) is 0.387. The van der Waals surface area contributed by atoms with Gasteiger partial charge in [-0.2, -0.15) is 13.2 Å². The first-order chi connectivity index (χ1) is 24.1. The minimum absolute atomic E-state index is 0.242. The third-order valence-electron chi connectivity index (χ3n) is 9.58. The van der Waals surface area contributed by atoms with Gasteiger partial charge in [-0.25, -0.2) is 9.59 Å². The molecule has 0 spiro atoms. The van der Waals surface area contributed by atoms with Gasteiger partial charge in [0.1, 0.15) is 0 Å². The van der Waals surface area contributed by atoms with E-state index in [-0.39, 0.29) is 17.9 Å². The summed E-state index contributed by atoms with van der Waals surface area (Å²) in [4.78, 5) is 33.5. The van der Waals surface area contributed by atoms with Gasteiger partial charge in [0.05, 0.1) is 11.0 Å². The van der Waals surface area contributed by atoms with Crippen LogP contribution in [-0.2, 0) is 44.2 Å². The molecule has 0 bridgehead atoms. The predicted octanol–water partition coefficient (Wildman–Crippen LogP) is 9.13. The van der Waals surface area contributed by atoms with E-state index in [1.54, 1.807) is 13.0 Å². The number of nitrogens with zero attached hydrogens (tertiary/aromatic N) is 1. The summed E-state index contributed by atoms with van der Waals surface area (Å²) in [5, 5.41) is 25.4. The summed E-state index contributed by atoms with van der Waals surface area (Å²) in [6, 6.07) is 21.9. The van der Waals surface area contributed by atoms with Crippen LogP contribution >= 0.6 is 0 Å². The van der Waals surface area contributed by atoms with Crippen LogP contribution < -0.4 is 0 Å². The molecule has 10 heteroatoms. The predicted molar refractivity (Wildman–Crippen MR) is 197 cm³/mol. The van der Waals surface area contributed by atoms with Crippen molar-refractivity contribution in [1.29, 1.82) is 0 Å². The smallest absolute Gasteiger partial charge is 0.416 e. The van der Waals surface area contributed by atoms with Gasteiger partial charge in [0.2, 0.25) is 0 Å². The largest absolute Gasteiger partial charge is 0.481 e. The van der Waals surface area contributed by atoms with Crippen molar-refractivity contribution in [3.8, 4) is 0 Å². The number of halogens is 3. The first kappa shape index (κ1) is 42.0. The van der Waals surface area contributed by atoms with Gasteiger partial charge in [-0.05, 0) is 90.0 Å². The van der Waals surface area contributed by atoms with Gasteiger partial charge < -0.3 is 15.3 Å². The van der Waals surface area contributed by atoms with Crippen molar-refractivity contribution in [3.05, 3.63) is 112 Å². The van der Waals surface area contributed by atoms with Crippen LogP contribution in [0.1, 0.15) is 94.7 Å². The zero-order valence-corrected chi connectivity index (χ0v) is 31.1. The molecule has 52 heavy (non-hydrogen) atoms. The Morgan fingerprint density at radius 1 is 0.750 bits per heavy atom. The van der Waals surface area contributed by atoms with Gasteiger partial charge in [0.25, 0.3) is 0 Å². The Morgan fingerprint density at radius 2 is 1.25 bits per heavy atom. The Labute approximate surface area is 305 Å². The SMILES string of the molecule is CC(C)Cc1ccc(C(C)(C)CN2CCC(c3cccc(C(F)(F)F)c3)=C[C@H]2CC(C)(C(=O)O)c2ccc(CC(C)C)cc2)cc1.O=C(O)C(=O)O. The van der Waals surface area contributed by atoms with Crippen LogP contribution in [0, 0.1) is 11.8 Å². The van der Waals surface area contributed by atoms with Crippen LogP contribution in [-0.4, -0.2) is 57.3 Å². The fourth-order valence-electron chi connectivity index (χ4n) is 6.76. The third-order valence-corrected chi connectivity index (χ3v) is 9.58. The number of benzene rings is 3. The summed E-state index contributed by atoms with van der Waals surface area (Å²) in [5.41, 5.74) is 3.64. The van der Waals surface area contributed by atoms with E-state index in [9.17, 15) is 23.1 Å². The maximum absolute atomic E-state index is 13.6. The Balaban J connectivity index is 0.00000112. The molecule has 0 saturated heterocycles. The highest BCUT2D eigenvalue weighted by atomic mass is 19.4. The van der Waals surface area contributed by atoms with Gasteiger partial charge >= 0.3 is 24.1 Å². The second kappa shape index (κ2) is 17.4. The Morgan fingerprint density at radius 3 is 1.69 bits per heavy atom. The molecule has 0 radical (unpaired) electrons. The third kappa shape index (κ3) is 11.5. The van der Waals surface area contributed by atoms with E-state index in [0.29, 0.717) is 36.9 Å². The second-order valence-electron chi connectivity index (χ2n) is 15.5. The van der Waals surface area contributed by atoms with E-state index >= 15 is 0 Å². The highest BCUT2D eigenvalue weighted by Gasteiger charge is 2.41. The van der Waals surface area contributed by atoms with Crippen molar-refractivity contribution >= 4 is 23.5 Å². The molecule has 0 fully saturated rings. The summed E-state index contributed by atoms with van der Waals surface area (Å²) >= 11 is 0. The molecule has 3 N–H and O–H groups in total. The Hall–Kier alpha value is -4.44. The van der Waals surface area contributed by atoms with Crippen molar-refractivity contribution in [2.24, 2.45) is 11.8 Å². The monoisotopic (exact) mass is 723 g/mol. The van der Waals surface area contributed by atoms with Crippen molar-refractivity contribution in [2.75, 3.05) is 13.1 Å². The van der Waals surface area contributed by atoms with Crippen molar-refractivity contribution < 1.29 is 42.9 Å². The molecule has 1 heterocycles. The lowest BCUT2D eigenvalue weighted by atomic mass is 9.74. The quantitative estimate of drug-likeness (QED) is 0.160. The summed E-state index contributed by atoms with van der Waals surface area (Å²) in [7, 11) is 0. The van der Waals surface area contributed by atoms with Gasteiger partial charge in [-0.3, -0.25) is 9.69 Å². The fraction of sp³-hybridized carbons (Fsp3) is 0.452. The molecule has 0 saturated carbocycles. The minimum atomic E-state index is -4.44. The van der Waals surface area contributed by atoms with Gasteiger partial charge in [-0.1, -0.05) is 108 Å². The average Bonchev–Trinajstić information content (AvgIpc) is 3.05. The molecular weight excluding hydrogens is 671 g/mol. The highest BCUT2D eigenvalue weighted by Crippen LogP contribution is 2.39. The Bertz CT molecular complexity index is 1700. The van der Waals surface area contributed by atoms with Crippen molar-refractivity contribution in [2.45, 2.75) is 97.2 Å². The van der Waals surface area contributed by atoms with Crippen molar-refractivity contribution in [3.63, 3.8) is 0 Å². The van der Waals surface area contributed by atoms with Crippen LogP contribution in [0.15, 0.2) is 78.9 Å². The number of hydrogen-bond donors (Lipinski definition) is 3. The highest BCUT2D eigenvalue weighted by molar-refractivity contribution is 6.27. The Kier molecular flexibility index (Phi) is 14.0. The molecule has 0 amide bonds. The zero-order chi connectivity index (χ0) is 39.0. The number of carboxylic acids is 3. The summed E-state index contributed by atoms with van der Waals surface area (Å²) in [6.45, 7) is 16.2. The molecule has 1 unspecified atom stereocenters. The van der Waals surface area contributed by atoms with E-state index < -0.39 is 35.1 Å². The second-order valence-corrected chi connectivity index (χ2v) is 15.5. The number of carbonyl (C=O) groups is 3. The molecule has 3 aromatic rings. The fourth-order valence-corrected chi connectivity index (χ4v) is 6.76. The zero-order valence-electron chi connectivity index (χ0n) is 31.1. The summed E-state index contributed by atoms with van der Waals surface area (Å²) < 4.78 is 40.8. The molecule has 7 nitrogen and oxygen atoms in total. The lowest BCUT2D eigenvalue weighted by Crippen LogP contribution is -2.48. The molecule has 282 valence electrons. The van der Waals surface area contributed by atoms with Crippen LogP contribution in [0.4, 0.5) is 13.2 Å². The maximum atomic E-state index is 13.6.